The van der Waals surface area contributed by atoms with Crippen LogP contribution in [0.1, 0.15) is 24.8 Å². The molecule has 1 aromatic carbocycles. The molecule has 1 heterocycles. The van der Waals surface area contributed by atoms with Gasteiger partial charge >= 0.3 is 0 Å². The summed E-state index contributed by atoms with van der Waals surface area (Å²) in [6, 6.07) is 11.6. The van der Waals surface area contributed by atoms with Crippen molar-refractivity contribution in [1.82, 2.24) is 10.2 Å². The Kier molecular flexibility index (Phi) is 2.93. The standard InChI is InChI=1S/C15H22N2/c1-16-14-10-15(14)8-5-9-17(12-15)11-13-6-3-2-4-7-13/h2-4,6-7,14,16H,5,8-12H2,1H3. The van der Waals surface area contributed by atoms with Crippen LogP contribution in [0.25, 0.3) is 0 Å². The molecule has 2 nitrogen and oxygen atoms in total. The Morgan fingerprint density at radius 1 is 1.35 bits per heavy atom. The average Bonchev–Trinajstić information content (AvgIpc) is 3.03. The summed E-state index contributed by atoms with van der Waals surface area (Å²) in [5, 5.41) is 3.46. The van der Waals surface area contributed by atoms with Gasteiger partial charge in [0.1, 0.15) is 0 Å². The number of benzene rings is 1. The van der Waals surface area contributed by atoms with Crippen LogP contribution in [0.5, 0.6) is 0 Å². The molecule has 2 heteroatoms. The Morgan fingerprint density at radius 2 is 2.18 bits per heavy atom. The Hall–Kier alpha value is -0.860. The predicted octanol–water partition coefficient (Wildman–Crippen LogP) is 2.26. The number of likely N-dealkylation sites (tertiary alicyclic amines) is 1. The highest BCUT2D eigenvalue weighted by atomic mass is 15.2. The molecule has 17 heavy (non-hydrogen) atoms. The molecule has 2 unspecified atom stereocenters. The van der Waals surface area contributed by atoms with Crippen LogP contribution in [0.2, 0.25) is 0 Å². The van der Waals surface area contributed by atoms with Gasteiger partial charge in [0.25, 0.3) is 0 Å². The van der Waals surface area contributed by atoms with E-state index in [0.717, 1.165) is 12.6 Å². The van der Waals surface area contributed by atoms with Crippen molar-refractivity contribution >= 4 is 0 Å². The molecule has 1 aliphatic heterocycles. The van der Waals surface area contributed by atoms with Crippen LogP contribution in [0.4, 0.5) is 0 Å². The quantitative estimate of drug-likeness (QED) is 0.857. The van der Waals surface area contributed by atoms with E-state index in [1.54, 1.807) is 0 Å². The largest absolute Gasteiger partial charge is 0.316 e. The smallest absolute Gasteiger partial charge is 0.0233 e. The first kappa shape index (κ1) is 11.2. The maximum Gasteiger partial charge on any atom is 0.0233 e. The highest BCUT2D eigenvalue weighted by molar-refractivity contribution is 5.16. The highest BCUT2D eigenvalue weighted by Crippen LogP contribution is 2.52. The summed E-state index contributed by atoms with van der Waals surface area (Å²) in [4.78, 5) is 2.64. The van der Waals surface area contributed by atoms with Crippen LogP contribution >= 0.6 is 0 Å². The summed E-state index contributed by atoms with van der Waals surface area (Å²) in [7, 11) is 2.11. The van der Waals surface area contributed by atoms with Crippen molar-refractivity contribution in [2.75, 3.05) is 20.1 Å². The van der Waals surface area contributed by atoms with Crippen LogP contribution in [-0.2, 0) is 6.54 Å². The average molecular weight is 230 g/mol. The summed E-state index contributed by atoms with van der Waals surface area (Å²) in [6.45, 7) is 3.68. The van der Waals surface area contributed by atoms with Crippen molar-refractivity contribution in [3.8, 4) is 0 Å². The van der Waals surface area contributed by atoms with Crippen LogP contribution in [-0.4, -0.2) is 31.1 Å². The van der Waals surface area contributed by atoms with Gasteiger partial charge in [-0.1, -0.05) is 30.3 Å². The van der Waals surface area contributed by atoms with Crippen LogP contribution < -0.4 is 5.32 Å². The van der Waals surface area contributed by atoms with Crippen LogP contribution in [0, 0.1) is 5.41 Å². The van der Waals surface area contributed by atoms with Crippen molar-refractivity contribution in [3.63, 3.8) is 0 Å². The van der Waals surface area contributed by atoms with Crippen molar-refractivity contribution in [2.24, 2.45) is 5.41 Å². The van der Waals surface area contributed by atoms with Crippen LogP contribution in [0.15, 0.2) is 30.3 Å². The van der Waals surface area contributed by atoms with Crippen molar-refractivity contribution in [1.29, 1.82) is 0 Å². The van der Waals surface area contributed by atoms with Gasteiger partial charge in [-0.3, -0.25) is 4.90 Å². The van der Waals surface area contributed by atoms with Gasteiger partial charge in [-0.25, -0.2) is 0 Å². The van der Waals surface area contributed by atoms with E-state index < -0.39 is 0 Å². The molecule has 0 radical (unpaired) electrons. The number of hydrogen-bond donors (Lipinski definition) is 1. The number of nitrogens with zero attached hydrogens (tertiary/aromatic N) is 1. The van der Waals surface area contributed by atoms with E-state index in [4.69, 9.17) is 0 Å². The minimum atomic E-state index is 0.613. The van der Waals surface area contributed by atoms with Gasteiger partial charge in [-0.15, -0.1) is 0 Å². The normalized spacial score (nSPS) is 32.9. The Labute approximate surface area is 104 Å². The van der Waals surface area contributed by atoms with E-state index in [9.17, 15) is 0 Å². The van der Waals surface area contributed by atoms with E-state index in [-0.39, 0.29) is 0 Å². The third-order valence-electron chi connectivity index (χ3n) is 4.47. The van der Waals surface area contributed by atoms with Gasteiger partial charge in [-0.2, -0.15) is 0 Å². The molecule has 1 aromatic rings. The Bertz CT molecular complexity index is 376. The SMILES string of the molecule is CNC1CC12CCCN(Cc1ccccc1)C2. The van der Waals surface area contributed by atoms with E-state index in [1.807, 2.05) is 0 Å². The molecule has 3 rings (SSSR count). The summed E-state index contributed by atoms with van der Waals surface area (Å²) >= 11 is 0. The van der Waals surface area contributed by atoms with Crippen molar-refractivity contribution in [2.45, 2.75) is 31.8 Å². The van der Waals surface area contributed by atoms with Gasteiger partial charge in [-0.05, 0) is 43.8 Å². The topological polar surface area (TPSA) is 15.3 Å². The molecular weight excluding hydrogens is 208 g/mol. The van der Waals surface area contributed by atoms with Crippen LogP contribution in [0.3, 0.4) is 0 Å². The molecule has 1 spiro atoms. The van der Waals surface area contributed by atoms with E-state index in [1.165, 1.54) is 37.9 Å². The maximum absolute atomic E-state index is 3.46. The minimum absolute atomic E-state index is 0.613. The van der Waals surface area contributed by atoms with Crippen molar-refractivity contribution < 1.29 is 0 Å². The van der Waals surface area contributed by atoms with Gasteiger partial charge in [0.15, 0.2) is 0 Å². The van der Waals surface area contributed by atoms with Gasteiger partial charge in [0.05, 0.1) is 0 Å². The summed E-state index contributed by atoms with van der Waals surface area (Å²) in [6.07, 6.45) is 4.17. The summed E-state index contributed by atoms with van der Waals surface area (Å²) in [5.41, 5.74) is 2.06. The zero-order valence-corrected chi connectivity index (χ0v) is 10.7. The van der Waals surface area contributed by atoms with Gasteiger partial charge < -0.3 is 5.32 Å². The molecule has 1 saturated heterocycles. The lowest BCUT2D eigenvalue weighted by Gasteiger charge is -2.33. The second-order valence-electron chi connectivity index (χ2n) is 5.71. The third-order valence-corrected chi connectivity index (χ3v) is 4.47. The zero-order valence-electron chi connectivity index (χ0n) is 10.7. The molecule has 0 amide bonds. The number of hydrogen-bond acceptors (Lipinski definition) is 2. The lowest BCUT2D eigenvalue weighted by Crippen LogP contribution is -2.39. The fourth-order valence-electron chi connectivity index (χ4n) is 3.44. The summed E-state index contributed by atoms with van der Waals surface area (Å²) in [5.74, 6) is 0. The van der Waals surface area contributed by atoms with E-state index in [0.29, 0.717) is 5.41 Å². The molecular formula is C15H22N2. The van der Waals surface area contributed by atoms with Crippen molar-refractivity contribution in [3.05, 3.63) is 35.9 Å². The predicted molar refractivity (Wildman–Crippen MR) is 70.9 cm³/mol. The third kappa shape index (κ3) is 2.24. The van der Waals surface area contributed by atoms with Gasteiger partial charge in [0.2, 0.25) is 0 Å². The number of rotatable bonds is 3. The second-order valence-corrected chi connectivity index (χ2v) is 5.71. The zero-order chi connectivity index (χ0) is 11.7. The lowest BCUT2D eigenvalue weighted by atomic mass is 9.93. The van der Waals surface area contributed by atoms with Gasteiger partial charge in [0, 0.05) is 19.1 Å². The molecule has 0 bridgehead atoms. The monoisotopic (exact) mass is 230 g/mol. The fourth-order valence-corrected chi connectivity index (χ4v) is 3.44. The lowest BCUT2D eigenvalue weighted by molar-refractivity contribution is 0.148. The van der Waals surface area contributed by atoms with E-state index in [2.05, 4.69) is 47.6 Å². The molecule has 2 fully saturated rings. The first-order chi connectivity index (χ1) is 8.32. The number of piperidine rings is 1. The number of nitrogens with one attached hydrogen (secondary N) is 1. The fraction of sp³-hybridized carbons (Fsp3) is 0.600. The van der Waals surface area contributed by atoms with E-state index >= 15 is 0 Å². The first-order valence-electron chi connectivity index (χ1n) is 6.76. The molecule has 92 valence electrons. The minimum Gasteiger partial charge on any atom is -0.316 e. The molecule has 1 N–H and O–H groups in total. The first-order valence-corrected chi connectivity index (χ1v) is 6.76. The molecule has 2 aliphatic rings. The molecule has 1 aliphatic carbocycles. The maximum atomic E-state index is 3.46. The molecule has 1 saturated carbocycles. The Balaban J connectivity index is 1.62. The molecule has 2 atom stereocenters. The Morgan fingerprint density at radius 3 is 2.88 bits per heavy atom. The highest BCUT2D eigenvalue weighted by Gasteiger charge is 2.54. The second kappa shape index (κ2) is 4.43. The summed E-state index contributed by atoms with van der Waals surface area (Å²) < 4.78 is 0. The molecule has 0 aromatic heterocycles.